The molecule has 0 aromatic heterocycles. The third-order valence-electron chi connectivity index (χ3n) is 1.99. The average molecular weight is 197 g/mol. The molecule has 0 aromatic carbocycles. The van der Waals surface area contributed by atoms with Crippen LogP contribution in [0.3, 0.4) is 0 Å². The van der Waals surface area contributed by atoms with Crippen molar-refractivity contribution in [3.8, 4) is 0 Å². The van der Waals surface area contributed by atoms with Crippen molar-refractivity contribution >= 4 is 5.91 Å². The first-order valence-electron chi connectivity index (χ1n) is 5.44. The van der Waals surface area contributed by atoms with E-state index < -0.39 is 0 Å². The summed E-state index contributed by atoms with van der Waals surface area (Å²) in [5, 5.41) is 2.78. The van der Waals surface area contributed by atoms with Gasteiger partial charge in [0.25, 0.3) is 0 Å². The molecule has 0 unspecified atom stereocenters. The Hall–Kier alpha value is -0.790. The zero-order valence-corrected chi connectivity index (χ0v) is 9.89. The minimum Gasteiger partial charge on any atom is -0.333 e. The van der Waals surface area contributed by atoms with E-state index >= 15 is 0 Å². The summed E-state index contributed by atoms with van der Waals surface area (Å²) in [5.74, 6) is 0.0734. The van der Waals surface area contributed by atoms with E-state index in [0.29, 0.717) is 0 Å². The van der Waals surface area contributed by atoms with Crippen LogP contribution < -0.4 is 5.32 Å². The van der Waals surface area contributed by atoms with E-state index in [9.17, 15) is 4.79 Å². The van der Waals surface area contributed by atoms with Gasteiger partial charge in [-0.2, -0.15) is 0 Å². The third-order valence-corrected chi connectivity index (χ3v) is 1.99. The number of hydrogen-bond acceptors (Lipinski definition) is 1. The lowest BCUT2D eigenvalue weighted by molar-refractivity contribution is -0.127. The molecule has 2 nitrogen and oxygen atoms in total. The molecule has 1 N–H and O–H groups in total. The van der Waals surface area contributed by atoms with Gasteiger partial charge < -0.3 is 5.32 Å². The van der Waals surface area contributed by atoms with Crippen molar-refractivity contribution < 1.29 is 4.79 Å². The predicted octanol–water partition coefficient (Wildman–Crippen LogP) is 3.24. The molecular weight excluding hydrogens is 174 g/mol. The molecular formula is C12H23NO. The number of nitrogens with one attached hydrogen (secondary N) is 1. The zero-order valence-electron chi connectivity index (χ0n) is 9.89. The molecule has 0 bridgehead atoms. The van der Waals surface area contributed by atoms with Crippen LogP contribution >= 0.6 is 0 Å². The van der Waals surface area contributed by atoms with Gasteiger partial charge in [-0.3, -0.25) is 4.79 Å². The van der Waals surface area contributed by atoms with Crippen molar-refractivity contribution in [3.05, 3.63) is 12.3 Å². The molecule has 0 aliphatic rings. The molecule has 0 fully saturated rings. The number of carbonyl (C=O) groups excluding carboxylic acids is 1. The number of amides is 1. The van der Waals surface area contributed by atoms with E-state index in [-0.39, 0.29) is 11.3 Å². The highest BCUT2D eigenvalue weighted by atomic mass is 16.2. The van der Waals surface area contributed by atoms with Gasteiger partial charge in [0.2, 0.25) is 5.91 Å². The standard InChI is InChI=1S/C12H23NO/c1-5-6-7-8-9-10-13-11(14)12(2,3)4/h9-10H,5-8H2,1-4H3,(H,13,14)/b10-9-. The Bertz CT molecular complexity index is 189. The molecule has 0 heterocycles. The van der Waals surface area contributed by atoms with Gasteiger partial charge in [-0.1, -0.05) is 46.6 Å². The van der Waals surface area contributed by atoms with Crippen molar-refractivity contribution in [2.45, 2.75) is 53.4 Å². The first-order valence-corrected chi connectivity index (χ1v) is 5.44. The van der Waals surface area contributed by atoms with Crippen LogP contribution in [0.4, 0.5) is 0 Å². The second-order valence-electron chi connectivity index (χ2n) is 4.62. The average Bonchev–Trinajstić information content (AvgIpc) is 2.09. The zero-order chi connectivity index (χ0) is 11.0. The topological polar surface area (TPSA) is 29.1 Å². The van der Waals surface area contributed by atoms with Crippen LogP contribution in [0.5, 0.6) is 0 Å². The Labute approximate surface area is 87.8 Å². The van der Waals surface area contributed by atoms with E-state index in [1.165, 1.54) is 19.3 Å². The highest BCUT2D eigenvalue weighted by Gasteiger charge is 2.19. The monoisotopic (exact) mass is 197 g/mol. The molecule has 1 amide bonds. The van der Waals surface area contributed by atoms with E-state index in [0.717, 1.165) is 6.42 Å². The summed E-state index contributed by atoms with van der Waals surface area (Å²) >= 11 is 0. The fourth-order valence-corrected chi connectivity index (χ4v) is 0.947. The van der Waals surface area contributed by atoms with Crippen molar-refractivity contribution in [2.75, 3.05) is 0 Å². The van der Waals surface area contributed by atoms with E-state index in [1.54, 1.807) is 6.20 Å². The fourth-order valence-electron chi connectivity index (χ4n) is 0.947. The summed E-state index contributed by atoms with van der Waals surface area (Å²) in [7, 11) is 0. The number of allylic oxidation sites excluding steroid dienone is 1. The molecule has 0 aromatic rings. The van der Waals surface area contributed by atoms with Gasteiger partial charge in [0, 0.05) is 5.41 Å². The molecule has 0 spiro atoms. The highest BCUT2D eigenvalue weighted by molar-refractivity contribution is 5.82. The maximum Gasteiger partial charge on any atom is 0.229 e. The van der Waals surface area contributed by atoms with E-state index in [4.69, 9.17) is 0 Å². The molecule has 14 heavy (non-hydrogen) atoms. The maximum absolute atomic E-state index is 11.4. The van der Waals surface area contributed by atoms with Crippen LogP contribution in [0.1, 0.15) is 53.4 Å². The third kappa shape index (κ3) is 6.70. The van der Waals surface area contributed by atoms with Crippen LogP contribution in [-0.4, -0.2) is 5.91 Å². The fraction of sp³-hybridized carbons (Fsp3) is 0.750. The van der Waals surface area contributed by atoms with Crippen molar-refractivity contribution in [2.24, 2.45) is 5.41 Å². The SMILES string of the molecule is CCCCC/C=C\NC(=O)C(C)(C)C. The van der Waals surface area contributed by atoms with Crippen LogP contribution in [-0.2, 0) is 4.79 Å². The van der Waals surface area contributed by atoms with Gasteiger partial charge in [0.15, 0.2) is 0 Å². The molecule has 0 saturated carbocycles. The Balaban J connectivity index is 3.57. The molecule has 0 radical (unpaired) electrons. The summed E-state index contributed by atoms with van der Waals surface area (Å²) in [6, 6.07) is 0. The predicted molar refractivity (Wildman–Crippen MR) is 60.9 cm³/mol. The lowest BCUT2D eigenvalue weighted by Gasteiger charge is -2.15. The number of unbranched alkanes of at least 4 members (excludes halogenated alkanes) is 3. The maximum atomic E-state index is 11.4. The lowest BCUT2D eigenvalue weighted by Crippen LogP contribution is -2.31. The smallest absolute Gasteiger partial charge is 0.229 e. The molecule has 82 valence electrons. The minimum absolute atomic E-state index is 0.0734. The van der Waals surface area contributed by atoms with E-state index in [1.807, 2.05) is 26.8 Å². The molecule has 0 aliphatic carbocycles. The summed E-state index contributed by atoms with van der Waals surface area (Å²) in [4.78, 5) is 11.4. The van der Waals surface area contributed by atoms with Gasteiger partial charge in [-0.15, -0.1) is 0 Å². The summed E-state index contributed by atoms with van der Waals surface area (Å²) in [6.07, 6.45) is 8.55. The Morgan fingerprint density at radius 2 is 1.93 bits per heavy atom. The summed E-state index contributed by atoms with van der Waals surface area (Å²) < 4.78 is 0. The summed E-state index contributed by atoms with van der Waals surface area (Å²) in [6.45, 7) is 7.92. The van der Waals surface area contributed by atoms with Crippen molar-refractivity contribution in [1.82, 2.24) is 5.32 Å². The Morgan fingerprint density at radius 1 is 1.29 bits per heavy atom. The van der Waals surface area contributed by atoms with Gasteiger partial charge in [0.1, 0.15) is 0 Å². The van der Waals surface area contributed by atoms with E-state index in [2.05, 4.69) is 12.2 Å². The summed E-state index contributed by atoms with van der Waals surface area (Å²) in [5.41, 5.74) is -0.298. The molecule has 0 rings (SSSR count). The van der Waals surface area contributed by atoms with Crippen LogP contribution in [0, 0.1) is 5.41 Å². The van der Waals surface area contributed by atoms with Crippen LogP contribution in [0.25, 0.3) is 0 Å². The highest BCUT2D eigenvalue weighted by Crippen LogP contribution is 2.12. The Morgan fingerprint density at radius 3 is 2.43 bits per heavy atom. The number of carbonyl (C=O) groups is 1. The first-order chi connectivity index (χ1) is 6.48. The van der Waals surface area contributed by atoms with Gasteiger partial charge in [0.05, 0.1) is 0 Å². The molecule has 2 heteroatoms. The van der Waals surface area contributed by atoms with Crippen LogP contribution in [0.2, 0.25) is 0 Å². The second kappa shape index (κ2) is 6.63. The Kier molecular flexibility index (Phi) is 6.26. The minimum atomic E-state index is -0.298. The van der Waals surface area contributed by atoms with Crippen LogP contribution in [0.15, 0.2) is 12.3 Å². The van der Waals surface area contributed by atoms with Crippen molar-refractivity contribution in [3.63, 3.8) is 0 Å². The second-order valence-corrected chi connectivity index (χ2v) is 4.62. The van der Waals surface area contributed by atoms with Gasteiger partial charge >= 0.3 is 0 Å². The molecule has 0 saturated heterocycles. The van der Waals surface area contributed by atoms with Crippen molar-refractivity contribution in [1.29, 1.82) is 0 Å². The first kappa shape index (κ1) is 13.2. The number of rotatable bonds is 5. The normalized spacial score (nSPS) is 12.0. The van der Waals surface area contributed by atoms with Gasteiger partial charge in [-0.05, 0) is 19.0 Å². The molecule has 0 aliphatic heterocycles. The van der Waals surface area contributed by atoms with Gasteiger partial charge in [-0.25, -0.2) is 0 Å². The lowest BCUT2D eigenvalue weighted by atomic mass is 9.96. The largest absolute Gasteiger partial charge is 0.333 e. The number of hydrogen-bond donors (Lipinski definition) is 1. The molecule has 0 atom stereocenters. The quantitative estimate of drug-likeness (QED) is 0.673.